The molecule has 1 heterocycles. The van der Waals surface area contributed by atoms with Crippen LogP contribution in [0.3, 0.4) is 0 Å². The highest BCUT2D eigenvalue weighted by Gasteiger charge is 2.03. The zero-order chi connectivity index (χ0) is 16.5. The number of hydrogen-bond donors (Lipinski definition) is 2. The van der Waals surface area contributed by atoms with Gasteiger partial charge in [-0.1, -0.05) is 0 Å². The van der Waals surface area contributed by atoms with Crippen molar-refractivity contribution in [3.63, 3.8) is 0 Å². The van der Waals surface area contributed by atoms with E-state index in [1.807, 2.05) is 0 Å². The van der Waals surface area contributed by atoms with Crippen molar-refractivity contribution >= 4 is 17.3 Å². The van der Waals surface area contributed by atoms with Gasteiger partial charge in [0.05, 0.1) is 12.8 Å². The number of carbonyl (C=O) groups is 1. The molecule has 0 radical (unpaired) electrons. The average Bonchev–Trinajstić information content (AvgIpc) is 2.54. The molecule has 0 aliphatic rings. The fourth-order valence-corrected chi connectivity index (χ4v) is 1.77. The highest BCUT2D eigenvalue weighted by Crippen LogP contribution is 2.31. The molecular weight excluding hydrogens is 298 g/mol. The number of azo groups is 1. The van der Waals surface area contributed by atoms with Crippen molar-refractivity contribution in [2.24, 2.45) is 10.2 Å². The summed E-state index contributed by atoms with van der Waals surface area (Å²) >= 11 is 0. The second-order valence-electron chi connectivity index (χ2n) is 4.76. The van der Waals surface area contributed by atoms with Gasteiger partial charge in [0.25, 0.3) is 0 Å². The van der Waals surface area contributed by atoms with Crippen LogP contribution in [0.15, 0.2) is 53.0 Å². The fourth-order valence-electron chi connectivity index (χ4n) is 1.77. The van der Waals surface area contributed by atoms with E-state index in [1.165, 1.54) is 6.07 Å². The molecule has 0 atom stereocenters. The van der Waals surface area contributed by atoms with Crippen LogP contribution in [-0.4, -0.2) is 27.8 Å². The maximum absolute atomic E-state index is 10.4. The van der Waals surface area contributed by atoms with Crippen LogP contribution in [-0.2, 0) is 4.79 Å². The van der Waals surface area contributed by atoms with E-state index in [4.69, 9.17) is 9.84 Å². The SMILES string of the molecule is O=C(O)CCCCOc1ccc(N=Nc2cccnc2)c(O)c1. The van der Waals surface area contributed by atoms with E-state index in [1.54, 1.807) is 36.7 Å². The minimum absolute atomic E-state index is 0.0410. The van der Waals surface area contributed by atoms with Crippen LogP contribution in [0.25, 0.3) is 0 Å². The zero-order valence-electron chi connectivity index (χ0n) is 12.4. The lowest BCUT2D eigenvalue weighted by molar-refractivity contribution is -0.137. The molecule has 0 saturated heterocycles. The number of rotatable bonds is 8. The smallest absolute Gasteiger partial charge is 0.303 e. The number of phenolic OH excluding ortho intramolecular Hbond substituents is 1. The summed E-state index contributed by atoms with van der Waals surface area (Å²) in [7, 11) is 0. The largest absolute Gasteiger partial charge is 0.505 e. The van der Waals surface area contributed by atoms with Crippen molar-refractivity contribution in [3.05, 3.63) is 42.7 Å². The summed E-state index contributed by atoms with van der Waals surface area (Å²) in [4.78, 5) is 14.3. The van der Waals surface area contributed by atoms with Gasteiger partial charge in [0.15, 0.2) is 0 Å². The summed E-state index contributed by atoms with van der Waals surface area (Å²) in [6.45, 7) is 0.392. The van der Waals surface area contributed by atoms with E-state index in [0.717, 1.165) is 0 Å². The number of nitrogens with zero attached hydrogens (tertiary/aromatic N) is 3. The Morgan fingerprint density at radius 1 is 1.22 bits per heavy atom. The van der Waals surface area contributed by atoms with Crippen LogP contribution >= 0.6 is 0 Å². The Balaban J connectivity index is 1.88. The van der Waals surface area contributed by atoms with Gasteiger partial charge in [-0.3, -0.25) is 9.78 Å². The third-order valence-corrected chi connectivity index (χ3v) is 2.92. The van der Waals surface area contributed by atoms with Gasteiger partial charge in [0.1, 0.15) is 22.9 Å². The Kier molecular flexibility index (Phi) is 6.05. The number of aromatic nitrogens is 1. The first kappa shape index (κ1) is 16.4. The molecule has 0 spiro atoms. The average molecular weight is 315 g/mol. The molecule has 0 saturated carbocycles. The Labute approximate surface area is 133 Å². The number of pyridine rings is 1. The van der Waals surface area contributed by atoms with Crippen LogP contribution in [0.5, 0.6) is 11.5 Å². The van der Waals surface area contributed by atoms with E-state index in [2.05, 4.69) is 15.2 Å². The van der Waals surface area contributed by atoms with Crippen LogP contribution in [0, 0.1) is 0 Å². The molecule has 7 heteroatoms. The van der Waals surface area contributed by atoms with Gasteiger partial charge in [-0.15, -0.1) is 10.2 Å². The number of ether oxygens (including phenoxy) is 1. The number of hydrogen-bond acceptors (Lipinski definition) is 6. The van der Waals surface area contributed by atoms with E-state index < -0.39 is 5.97 Å². The molecule has 2 rings (SSSR count). The summed E-state index contributed by atoms with van der Waals surface area (Å²) in [5, 5.41) is 26.4. The summed E-state index contributed by atoms with van der Waals surface area (Å²) in [5.41, 5.74) is 0.915. The van der Waals surface area contributed by atoms with Gasteiger partial charge < -0.3 is 14.9 Å². The van der Waals surface area contributed by atoms with Gasteiger partial charge in [-0.25, -0.2) is 0 Å². The monoisotopic (exact) mass is 315 g/mol. The lowest BCUT2D eigenvalue weighted by Crippen LogP contribution is -2.00. The first-order chi connectivity index (χ1) is 11.1. The molecule has 23 heavy (non-hydrogen) atoms. The molecule has 7 nitrogen and oxygen atoms in total. The molecule has 1 aromatic carbocycles. The molecule has 0 aliphatic heterocycles. The minimum Gasteiger partial charge on any atom is -0.505 e. The van der Waals surface area contributed by atoms with Crippen molar-refractivity contribution in [1.29, 1.82) is 0 Å². The molecule has 0 fully saturated rings. The second-order valence-corrected chi connectivity index (χ2v) is 4.76. The third-order valence-electron chi connectivity index (χ3n) is 2.92. The van der Waals surface area contributed by atoms with Crippen molar-refractivity contribution in [2.45, 2.75) is 19.3 Å². The molecule has 2 aromatic rings. The number of carboxylic acid groups (broad SMARTS) is 1. The Morgan fingerprint density at radius 3 is 2.78 bits per heavy atom. The molecule has 120 valence electrons. The number of benzene rings is 1. The predicted molar refractivity (Wildman–Crippen MR) is 83.5 cm³/mol. The molecule has 0 aliphatic carbocycles. The first-order valence-electron chi connectivity index (χ1n) is 7.14. The quantitative estimate of drug-likeness (QED) is 0.569. The van der Waals surface area contributed by atoms with Crippen LogP contribution in [0.1, 0.15) is 19.3 Å². The van der Waals surface area contributed by atoms with Crippen LogP contribution < -0.4 is 4.74 Å². The highest BCUT2D eigenvalue weighted by atomic mass is 16.5. The van der Waals surface area contributed by atoms with Crippen LogP contribution in [0.4, 0.5) is 11.4 Å². The molecule has 0 bridgehead atoms. The first-order valence-corrected chi connectivity index (χ1v) is 7.14. The Hall–Kier alpha value is -2.96. The third kappa shape index (κ3) is 5.74. The maximum Gasteiger partial charge on any atom is 0.303 e. The highest BCUT2D eigenvalue weighted by molar-refractivity contribution is 5.66. The lowest BCUT2D eigenvalue weighted by atomic mass is 10.2. The van der Waals surface area contributed by atoms with E-state index in [0.29, 0.717) is 36.6 Å². The van der Waals surface area contributed by atoms with Crippen LogP contribution in [0.2, 0.25) is 0 Å². The van der Waals surface area contributed by atoms with E-state index in [9.17, 15) is 9.90 Å². The van der Waals surface area contributed by atoms with Crippen molar-refractivity contribution in [1.82, 2.24) is 4.98 Å². The van der Waals surface area contributed by atoms with Gasteiger partial charge in [-0.05, 0) is 37.1 Å². The van der Waals surface area contributed by atoms with Gasteiger partial charge in [0.2, 0.25) is 0 Å². The molecule has 0 unspecified atom stereocenters. The summed E-state index contributed by atoms with van der Waals surface area (Å²) < 4.78 is 5.45. The summed E-state index contributed by atoms with van der Waals surface area (Å²) in [6, 6.07) is 8.22. The summed E-state index contributed by atoms with van der Waals surface area (Å²) in [5.74, 6) is -0.357. The topological polar surface area (TPSA) is 104 Å². The Bertz CT molecular complexity index is 674. The standard InChI is InChI=1S/C16H17N3O4/c20-15-10-13(23-9-2-1-5-16(21)22)6-7-14(15)19-18-12-4-3-8-17-11-12/h3-4,6-8,10-11,20H,1-2,5,9H2,(H,21,22). The summed E-state index contributed by atoms with van der Waals surface area (Å²) in [6.07, 6.45) is 4.52. The number of unbranched alkanes of at least 4 members (excludes halogenated alkanes) is 1. The molecule has 1 aromatic heterocycles. The number of phenols is 1. The maximum atomic E-state index is 10.4. The van der Waals surface area contributed by atoms with Gasteiger partial charge >= 0.3 is 5.97 Å². The second kappa shape index (κ2) is 8.47. The molecule has 0 amide bonds. The van der Waals surface area contributed by atoms with Crippen molar-refractivity contribution in [2.75, 3.05) is 6.61 Å². The number of carboxylic acids is 1. The number of aliphatic carboxylic acids is 1. The zero-order valence-corrected chi connectivity index (χ0v) is 12.4. The van der Waals surface area contributed by atoms with Gasteiger partial charge in [0, 0.05) is 18.7 Å². The lowest BCUT2D eigenvalue weighted by Gasteiger charge is -2.06. The normalized spacial score (nSPS) is 10.8. The van der Waals surface area contributed by atoms with Gasteiger partial charge in [-0.2, -0.15) is 0 Å². The number of aromatic hydroxyl groups is 1. The predicted octanol–water partition coefficient (Wildman–Crippen LogP) is 3.84. The van der Waals surface area contributed by atoms with Crippen molar-refractivity contribution in [3.8, 4) is 11.5 Å². The van der Waals surface area contributed by atoms with Crippen molar-refractivity contribution < 1.29 is 19.7 Å². The molecule has 2 N–H and O–H groups in total. The Morgan fingerprint density at radius 2 is 2.09 bits per heavy atom. The minimum atomic E-state index is -0.814. The fraction of sp³-hybridized carbons (Fsp3) is 0.250. The van der Waals surface area contributed by atoms with E-state index >= 15 is 0 Å². The van der Waals surface area contributed by atoms with E-state index in [-0.39, 0.29) is 12.2 Å². The molecular formula is C16H17N3O4.